The van der Waals surface area contributed by atoms with Gasteiger partial charge in [0.1, 0.15) is 0 Å². The first kappa shape index (κ1) is 16.9. The van der Waals surface area contributed by atoms with Crippen molar-refractivity contribution < 1.29 is 4.92 Å². The summed E-state index contributed by atoms with van der Waals surface area (Å²) in [5, 5.41) is 10.8. The van der Waals surface area contributed by atoms with Gasteiger partial charge in [-0.25, -0.2) is 0 Å². The fourth-order valence-electron chi connectivity index (χ4n) is 2.90. The van der Waals surface area contributed by atoms with E-state index in [4.69, 9.17) is 0 Å². The Labute approximate surface area is 147 Å². The molecule has 0 fully saturated rings. The minimum Gasteiger partial charge on any atom is -0.298 e. The molecule has 2 aromatic carbocycles. The topological polar surface area (TPSA) is 46.4 Å². The van der Waals surface area contributed by atoms with E-state index in [0.29, 0.717) is 5.56 Å². The van der Waals surface area contributed by atoms with Gasteiger partial charge in [-0.15, -0.1) is 0 Å². The van der Waals surface area contributed by atoms with Crippen LogP contribution in [0.5, 0.6) is 0 Å². The van der Waals surface area contributed by atoms with Gasteiger partial charge in [0.15, 0.2) is 0 Å². The zero-order valence-corrected chi connectivity index (χ0v) is 14.0. The van der Waals surface area contributed by atoms with Crippen LogP contribution in [0.25, 0.3) is 5.57 Å². The molecule has 0 atom stereocenters. The number of hydrogen-bond donors (Lipinski definition) is 0. The van der Waals surface area contributed by atoms with E-state index in [0.717, 1.165) is 32.5 Å². The first-order chi connectivity index (χ1) is 12.2. The van der Waals surface area contributed by atoms with Gasteiger partial charge in [0.25, 0.3) is 5.69 Å². The Morgan fingerprint density at radius 2 is 1.96 bits per heavy atom. The third kappa shape index (κ3) is 4.79. The van der Waals surface area contributed by atoms with Crippen molar-refractivity contribution in [2.75, 3.05) is 19.6 Å². The third-order valence-electron chi connectivity index (χ3n) is 4.28. The van der Waals surface area contributed by atoms with Crippen LogP contribution < -0.4 is 0 Å². The second-order valence-corrected chi connectivity index (χ2v) is 6.01. The normalized spacial score (nSPS) is 14.3. The van der Waals surface area contributed by atoms with Crippen molar-refractivity contribution in [2.45, 2.75) is 12.8 Å². The summed E-state index contributed by atoms with van der Waals surface area (Å²) in [5.74, 6) is 6.14. The van der Waals surface area contributed by atoms with Crippen molar-refractivity contribution in [3.05, 3.63) is 81.9 Å². The maximum Gasteiger partial charge on any atom is 0.270 e. The van der Waals surface area contributed by atoms with E-state index < -0.39 is 4.92 Å². The van der Waals surface area contributed by atoms with Crippen LogP contribution in [0.4, 0.5) is 5.69 Å². The number of rotatable bonds is 4. The fraction of sp³-hybridized carbons (Fsp3) is 0.238. The number of nitro benzene ring substituents is 1. The predicted octanol–water partition coefficient (Wildman–Crippen LogP) is 4.13. The summed E-state index contributed by atoms with van der Waals surface area (Å²) in [6.07, 6.45) is 4.12. The summed E-state index contributed by atoms with van der Waals surface area (Å²) in [6.45, 7) is 2.91. The van der Waals surface area contributed by atoms with Crippen molar-refractivity contribution in [1.82, 2.24) is 4.90 Å². The number of nitro groups is 1. The second kappa shape index (κ2) is 8.27. The zero-order chi connectivity index (χ0) is 17.5. The van der Waals surface area contributed by atoms with Gasteiger partial charge in [-0.05, 0) is 23.6 Å². The van der Waals surface area contributed by atoms with Crippen LogP contribution in [0.2, 0.25) is 0 Å². The Bertz CT molecular complexity index is 832. The van der Waals surface area contributed by atoms with Gasteiger partial charge < -0.3 is 0 Å². The minimum absolute atomic E-state index is 0.0846. The fourth-order valence-corrected chi connectivity index (χ4v) is 2.90. The Morgan fingerprint density at radius 3 is 2.68 bits per heavy atom. The summed E-state index contributed by atoms with van der Waals surface area (Å²) in [5.41, 5.74) is 3.51. The highest BCUT2D eigenvalue weighted by molar-refractivity contribution is 5.66. The van der Waals surface area contributed by atoms with Gasteiger partial charge >= 0.3 is 0 Å². The average molecular weight is 332 g/mol. The number of non-ortho nitro benzene ring substituents is 1. The molecule has 0 radical (unpaired) electrons. The molecule has 1 aliphatic rings. The molecule has 0 bridgehead atoms. The Hall–Kier alpha value is -2.90. The van der Waals surface area contributed by atoms with Crippen LogP contribution in [0.1, 0.15) is 24.0 Å². The molecule has 3 rings (SSSR count). The molecule has 0 saturated carbocycles. The van der Waals surface area contributed by atoms with Crippen LogP contribution in [0.3, 0.4) is 0 Å². The molecule has 0 spiro atoms. The molecule has 126 valence electrons. The van der Waals surface area contributed by atoms with Crippen LogP contribution in [0, 0.1) is 22.0 Å². The van der Waals surface area contributed by atoms with E-state index in [1.807, 2.05) is 6.07 Å². The molecule has 4 nitrogen and oxygen atoms in total. The highest BCUT2D eigenvalue weighted by Gasteiger charge is 2.11. The van der Waals surface area contributed by atoms with Crippen molar-refractivity contribution in [3.63, 3.8) is 0 Å². The van der Waals surface area contributed by atoms with Gasteiger partial charge in [-0.2, -0.15) is 0 Å². The molecular formula is C21H20N2O2. The van der Waals surface area contributed by atoms with Gasteiger partial charge in [-0.3, -0.25) is 15.0 Å². The Balaban J connectivity index is 1.50. The maximum atomic E-state index is 10.8. The molecule has 0 amide bonds. The van der Waals surface area contributed by atoms with E-state index in [9.17, 15) is 10.1 Å². The molecule has 2 aromatic rings. The van der Waals surface area contributed by atoms with Gasteiger partial charge in [0.05, 0.1) is 4.92 Å². The highest BCUT2D eigenvalue weighted by Crippen LogP contribution is 2.21. The van der Waals surface area contributed by atoms with E-state index in [1.54, 1.807) is 12.1 Å². The summed E-state index contributed by atoms with van der Waals surface area (Å²) >= 11 is 0. The number of nitrogens with zero attached hydrogens (tertiary/aromatic N) is 2. The molecule has 0 N–H and O–H groups in total. The molecular weight excluding hydrogens is 312 g/mol. The monoisotopic (exact) mass is 332 g/mol. The average Bonchev–Trinajstić information content (AvgIpc) is 2.67. The van der Waals surface area contributed by atoms with Crippen molar-refractivity contribution in [3.8, 4) is 11.8 Å². The summed E-state index contributed by atoms with van der Waals surface area (Å²) in [6, 6.07) is 17.0. The van der Waals surface area contributed by atoms with Gasteiger partial charge in [0.2, 0.25) is 0 Å². The van der Waals surface area contributed by atoms with Gasteiger partial charge in [0, 0.05) is 43.8 Å². The first-order valence-corrected chi connectivity index (χ1v) is 8.42. The van der Waals surface area contributed by atoms with Crippen LogP contribution in [-0.4, -0.2) is 29.5 Å². The lowest BCUT2D eigenvalue weighted by molar-refractivity contribution is -0.384. The Morgan fingerprint density at radius 1 is 1.12 bits per heavy atom. The SMILES string of the molecule is O=[N+]([O-])c1cccc(C#CCCN2CC=C(c3ccccc3)CC2)c1. The van der Waals surface area contributed by atoms with Crippen LogP contribution in [0.15, 0.2) is 60.7 Å². The molecule has 0 saturated heterocycles. The lowest BCUT2D eigenvalue weighted by Gasteiger charge is -2.25. The smallest absolute Gasteiger partial charge is 0.270 e. The lowest BCUT2D eigenvalue weighted by atomic mass is 9.99. The molecule has 1 aliphatic heterocycles. The molecule has 0 aliphatic carbocycles. The quantitative estimate of drug-likeness (QED) is 0.480. The molecule has 4 heteroatoms. The van der Waals surface area contributed by atoms with E-state index >= 15 is 0 Å². The third-order valence-corrected chi connectivity index (χ3v) is 4.28. The van der Waals surface area contributed by atoms with Crippen molar-refractivity contribution in [2.24, 2.45) is 0 Å². The van der Waals surface area contributed by atoms with E-state index in [-0.39, 0.29) is 5.69 Å². The summed E-state index contributed by atoms with van der Waals surface area (Å²) in [7, 11) is 0. The largest absolute Gasteiger partial charge is 0.298 e. The summed E-state index contributed by atoms with van der Waals surface area (Å²) in [4.78, 5) is 12.8. The first-order valence-electron chi connectivity index (χ1n) is 8.42. The molecule has 0 aromatic heterocycles. The number of benzene rings is 2. The van der Waals surface area contributed by atoms with Crippen molar-refractivity contribution >= 4 is 11.3 Å². The second-order valence-electron chi connectivity index (χ2n) is 6.01. The lowest BCUT2D eigenvalue weighted by Crippen LogP contribution is -2.29. The summed E-state index contributed by atoms with van der Waals surface area (Å²) < 4.78 is 0. The van der Waals surface area contributed by atoms with E-state index in [2.05, 4.69) is 47.1 Å². The van der Waals surface area contributed by atoms with E-state index in [1.165, 1.54) is 23.3 Å². The van der Waals surface area contributed by atoms with Crippen LogP contribution in [-0.2, 0) is 0 Å². The molecule has 25 heavy (non-hydrogen) atoms. The Kier molecular flexibility index (Phi) is 5.61. The van der Waals surface area contributed by atoms with Gasteiger partial charge in [-0.1, -0.05) is 54.3 Å². The highest BCUT2D eigenvalue weighted by atomic mass is 16.6. The van der Waals surface area contributed by atoms with Crippen molar-refractivity contribution in [1.29, 1.82) is 0 Å². The zero-order valence-electron chi connectivity index (χ0n) is 14.0. The molecule has 0 unspecified atom stereocenters. The molecule has 1 heterocycles. The minimum atomic E-state index is -0.393. The predicted molar refractivity (Wildman–Crippen MR) is 100 cm³/mol. The standard InChI is InChI=1S/C21H20N2O2/c24-23(25)21-11-6-8-18(17-21)7-4-5-14-22-15-12-20(13-16-22)19-9-2-1-3-10-19/h1-3,6,8-12,17H,5,13-16H2. The number of hydrogen-bond acceptors (Lipinski definition) is 3. The van der Waals surface area contributed by atoms with Crippen LogP contribution >= 0.6 is 0 Å². The maximum absolute atomic E-state index is 10.8.